The van der Waals surface area contributed by atoms with Crippen molar-refractivity contribution in [1.29, 1.82) is 0 Å². The first-order valence-corrected chi connectivity index (χ1v) is 4.15. The zero-order valence-corrected chi connectivity index (χ0v) is 7.34. The monoisotopic (exact) mass is 172 g/mol. The number of aliphatic imine (C=N–C) groups is 1. The largest absolute Gasteiger partial charge is 0.376 e. The van der Waals surface area contributed by atoms with Gasteiger partial charge in [0.25, 0.3) is 0 Å². The van der Waals surface area contributed by atoms with E-state index in [0.29, 0.717) is 12.1 Å². The van der Waals surface area contributed by atoms with Crippen LogP contribution in [0.2, 0.25) is 0 Å². The van der Waals surface area contributed by atoms with Gasteiger partial charge in [-0.3, -0.25) is 10.4 Å². The van der Waals surface area contributed by atoms with Crippen LogP contribution in [-0.4, -0.2) is 32.3 Å². The Morgan fingerprint density at radius 3 is 3.08 bits per heavy atom. The maximum atomic E-state index is 5.41. The lowest BCUT2D eigenvalue weighted by Crippen LogP contribution is -2.44. The predicted octanol–water partition coefficient (Wildman–Crippen LogP) is -0.796. The summed E-state index contributed by atoms with van der Waals surface area (Å²) in [6.07, 6.45) is 2.59. The van der Waals surface area contributed by atoms with Crippen molar-refractivity contribution in [3.63, 3.8) is 0 Å². The summed E-state index contributed by atoms with van der Waals surface area (Å²) in [6.45, 7) is 1.65. The summed E-state index contributed by atoms with van der Waals surface area (Å²) < 4.78 is 5.41. The molecule has 1 saturated heterocycles. The highest BCUT2D eigenvalue weighted by molar-refractivity contribution is 5.78. The minimum Gasteiger partial charge on any atom is -0.376 e. The molecule has 0 bridgehead atoms. The highest BCUT2D eigenvalue weighted by Crippen LogP contribution is 2.10. The van der Waals surface area contributed by atoms with E-state index >= 15 is 0 Å². The van der Waals surface area contributed by atoms with Crippen LogP contribution in [-0.2, 0) is 4.74 Å². The maximum Gasteiger partial charge on any atom is 0.205 e. The number of hydrazine groups is 1. The lowest BCUT2D eigenvalue weighted by atomic mass is 10.2. The first-order chi connectivity index (χ1) is 5.86. The summed E-state index contributed by atoms with van der Waals surface area (Å²) in [5.41, 5.74) is 2.46. The van der Waals surface area contributed by atoms with E-state index in [4.69, 9.17) is 10.6 Å². The summed E-state index contributed by atoms with van der Waals surface area (Å²) in [4.78, 5) is 3.88. The molecule has 0 spiro atoms. The number of hydrogen-bond acceptors (Lipinski definition) is 3. The molecular weight excluding hydrogens is 156 g/mol. The molecule has 1 aliphatic heterocycles. The molecule has 0 amide bonds. The molecule has 12 heavy (non-hydrogen) atoms. The van der Waals surface area contributed by atoms with E-state index in [1.54, 1.807) is 7.05 Å². The van der Waals surface area contributed by atoms with E-state index in [2.05, 4.69) is 15.7 Å². The smallest absolute Gasteiger partial charge is 0.205 e. The fourth-order valence-corrected chi connectivity index (χ4v) is 1.21. The zero-order valence-electron chi connectivity index (χ0n) is 7.34. The van der Waals surface area contributed by atoms with Crippen molar-refractivity contribution in [1.82, 2.24) is 10.7 Å². The number of ether oxygens (including phenoxy) is 1. The molecule has 1 atom stereocenters. The van der Waals surface area contributed by atoms with Gasteiger partial charge in [0, 0.05) is 20.2 Å². The lowest BCUT2D eigenvalue weighted by molar-refractivity contribution is 0.114. The van der Waals surface area contributed by atoms with E-state index < -0.39 is 0 Å². The topological polar surface area (TPSA) is 71.7 Å². The van der Waals surface area contributed by atoms with E-state index in [1.807, 2.05) is 0 Å². The summed E-state index contributed by atoms with van der Waals surface area (Å²) in [5.74, 6) is 5.79. The molecular formula is C7H16N4O. The SMILES string of the molecule is CN=C(NN)NCC1CCCO1. The molecule has 1 unspecified atom stereocenters. The third-order valence-corrected chi connectivity index (χ3v) is 1.88. The number of nitrogens with zero attached hydrogens (tertiary/aromatic N) is 1. The van der Waals surface area contributed by atoms with Gasteiger partial charge in [-0.1, -0.05) is 0 Å². The standard InChI is InChI=1S/C7H16N4O/c1-9-7(11-8)10-5-6-3-2-4-12-6/h6H,2-5,8H2,1H3,(H2,9,10,11). The van der Waals surface area contributed by atoms with Gasteiger partial charge >= 0.3 is 0 Å². The maximum absolute atomic E-state index is 5.41. The third-order valence-electron chi connectivity index (χ3n) is 1.88. The van der Waals surface area contributed by atoms with Crippen molar-refractivity contribution in [2.45, 2.75) is 18.9 Å². The minimum atomic E-state index is 0.315. The molecule has 0 aromatic rings. The summed E-state index contributed by atoms with van der Waals surface area (Å²) in [5, 5.41) is 3.05. The van der Waals surface area contributed by atoms with Crippen molar-refractivity contribution in [3.05, 3.63) is 0 Å². The fraction of sp³-hybridized carbons (Fsp3) is 0.857. The molecule has 0 radical (unpaired) electrons. The van der Waals surface area contributed by atoms with Gasteiger partial charge in [-0.25, -0.2) is 5.84 Å². The third kappa shape index (κ3) is 2.67. The molecule has 0 aromatic heterocycles. The number of hydrogen-bond donors (Lipinski definition) is 3. The first-order valence-electron chi connectivity index (χ1n) is 4.15. The molecule has 5 nitrogen and oxygen atoms in total. The van der Waals surface area contributed by atoms with Crippen LogP contribution in [0.1, 0.15) is 12.8 Å². The average Bonchev–Trinajstić information content (AvgIpc) is 2.59. The van der Waals surface area contributed by atoms with E-state index in [0.717, 1.165) is 26.0 Å². The van der Waals surface area contributed by atoms with Gasteiger partial charge in [-0.15, -0.1) is 0 Å². The van der Waals surface area contributed by atoms with Gasteiger partial charge in [0.2, 0.25) is 5.96 Å². The Kier molecular flexibility index (Phi) is 3.83. The number of rotatable bonds is 2. The van der Waals surface area contributed by atoms with Gasteiger partial charge in [0.15, 0.2) is 0 Å². The van der Waals surface area contributed by atoms with Crippen LogP contribution in [0.4, 0.5) is 0 Å². The van der Waals surface area contributed by atoms with E-state index in [-0.39, 0.29) is 0 Å². The second-order valence-electron chi connectivity index (χ2n) is 2.73. The average molecular weight is 172 g/mol. The van der Waals surface area contributed by atoms with Gasteiger partial charge in [-0.2, -0.15) is 0 Å². The van der Waals surface area contributed by atoms with Crippen LogP contribution in [0.5, 0.6) is 0 Å². The van der Waals surface area contributed by atoms with E-state index in [9.17, 15) is 0 Å². The Labute approximate surface area is 72.3 Å². The zero-order chi connectivity index (χ0) is 8.81. The predicted molar refractivity (Wildman–Crippen MR) is 47.7 cm³/mol. The van der Waals surface area contributed by atoms with Crippen LogP contribution in [0, 0.1) is 0 Å². The molecule has 0 aromatic carbocycles. The Morgan fingerprint density at radius 2 is 2.58 bits per heavy atom. The second kappa shape index (κ2) is 4.95. The lowest BCUT2D eigenvalue weighted by Gasteiger charge is -2.12. The number of guanidine groups is 1. The number of nitrogens with one attached hydrogen (secondary N) is 2. The van der Waals surface area contributed by atoms with Crippen LogP contribution < -0.4 is 16.6 Å². The molecule has 0 saturated carbocycles. The van der Waals surface area contributed by atoms with Crippen LogP contribution in [0.3, 0.4) is 0 Å². The van der Waals surface area contributed by atoms with Crippen molar-refractivity contribution in [3.8, 4) is 0 Å². The Hall–Kier alpha value is -0.810. The van der Waals surface area contributed by atoms with Crippen LogP contribution in [0.25, 0.3) is 0 Å². The molecule has 5 heteroatoms. The Balaban J connectivity index is 2.15. The Bertz CT molecular complexity index is 153. The second-order valence-corrected chi connectivity index (χ2v) is 2.73. The molecule has 1 heterocycles. The van der Waals surface area contributed by atoms with Crippen molar-refractivity contribution in [2.24, 2.45) is 10.8 Å². The first kappa shape index (κ1) is 9.28. The highest BCUT2D eigenvalue weighted by atomic mass is 16.5. The van der Waals surface area contributed by atoms with Crippen molar-refractivity contribution in [2.75, 3.05) is 20.2 Å². The summed E-state index contributed by atoms with van der Waals surface area (Å²) >= 11 is 0. The fourth-order valence-electron chi connectivity index (χ4n) is 1.21. The molecule has 70 valence electrons. The molecule has 0 aliphatic carbocycles. The quantitative estimate of drug-likeness (QED) is 0.221. The minimum absolute atomic E-state index is 0.315. The molecule has 1 aliphatic rings. The van der Waals surface area contributed by atoms with Gasteiger partial charge in [0.05, 0.1) is 6.10 Å². The molecule has 1 rings (SSSR count). The summed E-state index contributed by atoms with van der Waals surface area (Å²) in [6, 6.07) is 0. The number of nitrogens with two attached hydrogens (primary N) is 1. The highest BCUT2D eigenvalue weighted by Gasteiger charge is 2.14. The molecule has 1 fully saturated rings. The van der Waals surface area contributed by atoms with Crippen molar-refractivity contribution >= 4 is 5.96 Å². The molecule has 4 N–H and O–H groups in total. The Morgan fingerprint density at radius 1 is 1.75 bits per heavy atom. The van der Waals surface area contributed by atoms with Crippen molar-refractivity contribution < 1.29 is 4.74 Å². The van der Waals surface area contributed by atoms with Crippen LogP contribution in [0.15, 0.2) is 4.99 Å². The van der Waals surface area contributed by atoms with Gasteiger partial charge in [0.1, 0.15) is 0 Å². The van der Waals surface area contributed by atoms with Gasteiger partial charge in [-0.05, 0) is 12.8 Å². The van der Waals surface area contributed by atoms with Gasteiger partial charge < -0.3 is 10.1 Å². The summed E-state index contributed by atoms with van der Waals surface area (Å²) in [7, 11) is 1.68. The van der Waals surface area contributed by atoms with Crippen LogP contribution >= 0.6 is 0 Å². The van der Waals surface area contributed by atoms with E-state index in [1.165, 1.54) is 0 Å². The normalized spacial score (nSPS) is 24.2.